The third-order valence-corrected chi connectivity index (χ3v) is 10.2. The number of para-hydroxylation sites is 1. The lowest BCUT2D eigenvalue weighted by atomic mass is 9.98. The first-order valence-electron chi connectivity index (χ1n) is 18.4. The summed E-state index contributed by atoms with van der Waals surface area (Å²) in [6.07, 6.45) is 1.85. The number of aryl methyl sites for hydroxylation is 1. The quantitative estimate of drug-likeness (QED) is 0.161. The van der Waals surface area contributed by atoms with Gasteiger partial charge >= 0.3 is 0 Å². The van der Waals surface area contributed by atoms with Gasteiger partial charge in [-0.05, 0) is 54.4 Å². The molecule has 0 spiro atoms. The average Bonchev–Trinajstić information content (AvgIpc) is 3.26. The lowest BCUT2D eigenvalue weighted by Crippen LogP contribution is -1.97. The van der Waals surface area contributed by atoms with Crippen LogP contribution in [0.2, 0.25) is 0 Å². The van der Waals surface area contributed by atoms with Gasteiger partial charge in [-0.15, -0.1) is 0 Å². The van der Waals surface area contributed by atoms with E-state index in [0.29, 0.717) is 5.82 Å². The van der Waals surface area contributed by atoms with Crippen LogP contribution in [0.15, 0.2) is 182 Å². The van der Waals surface area contributed by atoms with Crippen molar-refractivity contribution in [1.29, 1.82) is 0 Å². The maximum atomic E-state index is 5.27. The van der Waals surface area contributed by atoms with Crippen molar-refractivity contribution in [2.75, 3.05) is 0 Å². The molecule has 0 radical (unpaired) electrons. The molecule has 0 unspecified atom stereocenters. The SMILES string of the molecule is Cc1cc(-c2ccccc2)nc2c1ccc1ccc(-c3cccc(-c4nc(-c5ccccc5)cc(-c5cccc(-c6cccc7cccnc67)c5)n4)c3)nc12. The molecule has 258 valence electrons. The first kappa shape index (κ1) is 32.3. The van der Waals surface area contributed by atoms with Crippen LogP contribution in [0.5, 0.6) is 0 Å². The van der Waals surface area contributed by atoms with E-state index >= 15 is 0 Å². The second-order valence-electron chi connectivity index (χ2n) is 13.8. The van der Waals surface area contributed by atoms with E-state index in [9.17, 15) is 0 Å². The fourth-order valence-electron chi connectivity index (χ4n) is 7.44. The zero-order valence-electron chi connectivity index (χ0n) is 30.1. The number of hydrogen-bond donors (Lipinski definition) is 0. The molecule has 6 aromatic carbocycles. The molecule has 0 aliphatic heterocycles. The Morgan fingerprint density at radius 1 is 0.345 bits per heavy atom. The lowest BCUT2D eigenvalue weighted by Gasteiger charge is -2.12. The molecular formula is C50H33N5. The smallest absolute Gasteiger partial charge is 0.160 e. The van der Waals surface area contributed by atoms with Gasteiger partial charge in [0.2, 0.25) is 0 Å². The summed E-state index contributed by atoms with van der Waals surface area (Å²) >= 11 is 0. The minimum Gasteiger partial charge on any atom is -0.256 e. The van der Waals surface area contributed by atoms with Gasteiger partial charge < -0.3 is 0 Å². The van der Waals surface area contributed by atoms with Gasteiger partial charge in [-0.25, -0.2) is 19.9 Å². The molecule has 4 aromatic heterocycles. The number of fused-ring (bicyclic) bond motifs is 4. The minimum absolute atomic E-state index is 0.645. The Morgan fingerprint density at radius 3 is 1.69 bits per heavy atom. The standard InChI is InChI=1S/C50H33N5/c1-32-28-44(33-12-4-2-5-13-33)53-49-41(32)25-23-36-24-26-43(52-48(36)49)38-18-9-20-40(30-38)50-54-45(34-14-6-3-7-15-34)31-46(55-50)39-19-8-17-37(29-39)42-22-10-16-35-21-11-27-51-47(35)42/h2-31H,1H3. The highest BCUT2D eigenvalue weighted by molar-refractivity contribution is 6.05. The monoisotopic (exact) mass is 703 g/mol. The van der Waals surface area contributed by atoms with Crippen LogP contribution in [0.4, 0.5) is 0 Å². The second-order valence-corrected chi connectivity index (χ2v) is 13.8. The Morgan fingerprint density at radius 2 is 0.909 bits per heavy atom. The summed E-state index contributed by atoms with van der Waals surface area (Å²) in [4.78, 5) is 25.5. The van der Waals surface area contributed by atoms with Crippen LogP contribution < -0.4 is 0 Å². The van der Waals surface area contributed by atoms with Crippen molar-refractivity contribution in [3.63, 3.8) is 0 Å². The predicted molar refractivity (Wildman–Crippen MR) is 225 cm³/mol. The van der Waals surface area contributed by atoms with Crippen LogP contribution in [-0.4, -0.2) is 24.9 Å². The van der Waals surface area contributed by atoms with Crippen molar-refractivity contribution in [1.82, 2.24) is 24.9 Å². The average molecular weight is 704 g/mol. The third-order valence-electron chi connectivity index (χ3n) is 10.2. The maximum Gasteiger partial charge on any atom is 0.160 e. The summed E-state index contributed by atoms with van der Waals surface area (Å²) < 4.78 is 0. The zero-order valence-corrected chi connectivity index (χ0v) is 30.1. The summed E-state index contributed by atoms with van der Waals surface area (Å²) in [5.41, 5.74) is 14.6. The number of aromatic nitrogens is 5. The Labute approximate surface area is 318 Å². The van der Waals surface area contributed by atoms with E-state index in [1.54, 1.807) is 0 Å². The summed E-state index contributed by atoms with van der Waals surface area (Å²) in [6, 6.07) is 60.7. The molecule has 0 atom stereocenters. The van der Waals surface area contributed by atoms with Gasteiger partial charge in [-0.3, -0.25) is 4.98 Å². The van der Waals surface area contributed by atoms with Crippen molar-refractivity contribution in [3.05, 3.63) is 188 Å². The lowest BCUT2D eigenvalue weighted by molar-refractivity contribution is 1.18. The van der Waals surface area contributed by atoms with Gasteiger partial charge in [0.1, 0.15) is 0 Å². The van der Waals surface area contributed by atoms with Crippen molar-refractivity contribution in [2.24, 2.45) is 0 Å². The van der Waals surface area contributed by atoms with Crippen LogP contribution in [0, 0.1) is 6.92 Å². The first-order chi connectivity index (χ1) is 27.1. The van der Waals surface area contributed by atoms with Crippen LogP contribution in [-0.2, 0) is 0 Å². The Kier molecular flexibility index (Phi) is 7.96. The molecule has 0 amide bonds. The molecule has 0 saturated heterocycles. The summed E-state index contributed by atoms with van der Waals surface area (Å²) in [7, 11) is 0. The molecule has 5 nitrogen and oxygen atoms in total. The number of benzene rings is 6. The molecule has 0 N–H and O–H groups in total. The zero-order chi connectivity index (χ0) is 36.7. The predicted octanol–water partition coefficient (Wildman–Crippen LogP) is 12.4. The van der Waals surface area contributed by atoms with Crippen LogP contribution in [0.25, 0.3) is 100 Å². The number of nitrogens with zero attached hydrogens (tertiary/aromatic N) is 5. The van der Waals surface area contributed by atoms with E-state index in [1.807, 2.05) is 48.7 Å². The van der Waals surface area contributed by atoms with Crippen molar-refractivity contribution in [2.45, 2.75) is 6.92 Å². The van der Waals surface area contributed by atoms with Crippen molar-refractivity contribution >= 4 is 32.7 Å². The normalized spacial score (nSPS) is 11.4. The minimum atomic E-state index is 0.645. The van der Waals surface area contributed by atoms with E-state index in [1.165, 1.54) is 5.56 Å². The molecular weight excluding hydrogens is 671 g/mol. The topological polar surface area (TPSA) is 64.5 Å². The molecule has 55 heavy (non-hydrogen) atoms. The number of pyridine rings is 3. The molecule has 0 bridgehead atoms. The molecule has 10 aromatic rings. The van der Waals surface area contributed by atoms with Crippen LogP contribution >= 0.6 is 0 Å². The molecule has 4 heterocycles. The van der Waals surface area contributed by atoms with Crippen LogP contribution in [0.1, 0.15) is 5.56 Å². The summed E-state index contributed by atoms with van der Waals surface area (Å²) in [5, 5.41) is 3.26. The van der Waals surface area contributed by atoms with Gasteiger partial charge in [0.15, 0.2) is 5.82 Å². The highest BCUT2D eigenvalue weighted by Crippen LogP contribution is 2.35. The highest BCUT2D eigenvalue weighted by atomic mass is 14.9. The summed E-state index contributed by atoms with van der Waals surface area (Å²) in [6.45, 7) is 2.14. The van der Waals surface area contributed by atoms with Crippen molar-refractivity contribution < 1.29 is 0 Å². The first-order valence-corrected chi connectivity index (χ1v) is 18.4. The van der Waals surface area contributed by atoms with Crippen molar-refractivity contribution in [3.8, 4) is 67.5 Å². The summed E-state index contributed by atoms with van der Waals surface area (Å²) in [5.74, 6) is 0.645. The largest absolute Gasteiger partial charge is 0.256 e. The van der Waals surface area contributed by atoms with E-state index in [4.69, 9.17) is 24.9 Å². The molecule has 0 aliphatic carbocycles. The molecule has 5 heteroatoms. The number of rotatable bonds is 6. The van der Waals surface area contributed by atoms with Gasteiger partial charge in [-0.2, -0.15) is 0 Å². The van der Waals surface area contributed by atoms with E-state index in [-0.39, 0.29) is 0 Å². The Balaban J connectivity index is 1.09. The molecule has 0 aliphatic rings. The Bertz CT molecular complexity index is 3040. The van der Waals surface area contributed by atoms with Gasteiger partial charge in [-0.1, -0.05) is 140 Å². The molecule has 10 rings (SSSR count). The highest BCUT2D eigenvalue weighted by Gasteiger charge is 2.15. The van der Waals surface area contributed by atoms with Gasteiger partial charge in [0.25, 0.3) is 0 Å². The second kappa shape index (κ2) is 13.6. The maximum absolute atomic E-state index is 5.27. The Hall–Kier alpha value is -7.37. The number of hydrogen-bond acceptors (Lipinski definition) is 5. The van der Waals surface area contributed by atoms with E-state index < -0.39 is 0 Å². The molecule has 0 saturated carbocycles. The van der Waals surface area contributed by atoms with Gasteiger partial charge in [0.05, 0.1) is 39.3 Å². The van der Waals surface area contributed by atoms with E-state index in [2.05, 4.69) is 140 Å². The fourth-order valence-corrected chi connectivity index (χ4v) is 7.44. The third kappa shape index (κ3) is 6.08. The fraction of sp³-hybridized carbons (Fsp3) is 0.0200. The molecule has 0 fully saturated rings. The van der Waals surface area contributed by atoms with E-state index in [0.717, 1.165) is 94.4 Å². The van der Waals surface area contributed by atoms with Gasteiger partial charge in [0, 0.05) is 55.7 Å². The van der Waals surface area contributed by atoms with Crippen LogP contribution in [0.3, 0.4) is 0 Å².